The third-order valence-corrected chi connectivity index (χ3v) is 10.3. The van der Waals surface area contributed by atoms with Gasteiger partial charge in [0.1, 0.15) is 16.8 Å². The van der Waals surface area contributed by atoms with Crippen molar-refractivity contribution in [3.8, 4) is 0 Å². The first kappa shape index (κ1) is 78.5. The minimum atomic E-state index is -0.538. The third kappa shape index (κ3) is 41.4. The summed E-state index contributed by atoms with van der Waals surface area (Å²) in [6.07, 6.45) is 0.844. The molecule has 432 valence electrons. The van der Waals surface area contributed by atoms with Crippen LogP contribution < -0.4 is 80.7 Å². The second-order valence-electron chi connectivity index (χ2n) is 20.0. The Hall–Kier alpha value is -5.58. The summed E-state index contributed by atoms with van der Waals surface area (Å²) in [6.45, 7) is 19.8. The molecule has 0 aliphatic heterocycles. The summed E-state index contributed by atoms with van der Waals surface area (Å²) in [5, 5.41) is 17.0. The average Bonchev–Trinajstić information content (AvgIpc) is 3.40. The second-order valence-corrected chi connectivity index (χ2v) is 21.0. The number of hydrogen-bond acceptors (Lipinski definition) is 15. The van der Waals surface area contributed by atoms with Crippen LogP contribution in [0.15, 0.2) is 157 Å². The molecule has 2 amide bonds. The van der Waals surface area contributed by atoms with Crippen LogP contribution in [0.2, 0.25) is 0 Å². The van der Waals surface area contributed by atoms with Crippen LogP contribution in [0.1, 0.15) is 120 Å². The normalized spacial score (nSPS) is 10.1. The van der Waals surface area contributed by atoms with E-state index in [1.165, 1.54) is 5.56 Å². The molecule has 0 fully saturated rings. The minimum Gasteiger partial charge on any atom is -1.00 e. The molecule has 0 aliphatic carbocycles. The van der Waals surface area contributed by atoms with Gasteiger partial charge in [-0.25, -0.2) is 0 Å². The zero-order chi connectivity index (χ0) is 60.0. The molecule has 0 bridgehead atoms. The summed E-state index contributed by atoms with van der Waals surface area (Å²) < 4.78 is 15.9. The van der Waals surface area contributed by atoms with Gasteiger partial charge in [-0.1, -0.05) is 127 Å². The van der Waals surface area contributed by atoms with E-state index in [0.717, 1.165) is 17.7 Å². The fourth-order valence-corrected chi connectivity index (χ4v) is 6.79. The molecular formula is C60H76N6Na2O11S3. The first-order valence-corrected chi connectivity index (χ1v) is 26.6. The van der Waals surface area contributed by atoms with E-state index in [4.69, 9.17) is 54.4 Å². The fourth-order valence-electron chi connectivity index (χ4n) is 6.30. The summed E-state index contributed by atoms with van der Waals surface area (Å²) in [5.41, 5.74) is 8.71. The van der Waals surface area contributed by atoms with Crippen molar-refractivity contribution < 1.29 is 114 Å². The van der Waals surface area contributed by atoms with Crippen LogP contribution in [0, 0.1) is 0 Å². The zero-order valence-corrected chi connectivity index (χ0v) is 55.5. The largest absolute Gasteiger partial charge is 1.00 e. The molecule has 5 rings (SSSR count). The molecule has 0 atom stereocenters. The minimum absolute atomic E-state index is 0. The Morgan fingerprint density at radius 1 is 0.585 bits per heavy atom. The topological polar surface area (TPSA) is 231 Å². The molecule has 0 spiro atoms. The summed E-state index contributed by atoms with van der Waals surface area (Å²) >= 11 is 14.8. The van der Waals surface area contributed by atoms with Gasteiger partial charge in [0, 0.05) is 50.4 Å². The van der Waals surface area contributed by atoms with Gasteiger partial charge in [0.25, 0.3) is 18.3 Å². The number of rotatable bonds is 18. The van der Waals surface area contributed by atoms with Crippen LogP contribution in [-0.4, -0.2) is 97.8 Å². The molecule has 0 heterocycles. The summed E-state index contributed by atoms with van der Waals surface area (Å²) in [5.74, 6) is -1.32. The van der Waals surface area contributed by atoms with Gasteiger partial charge < -0.3 is 46.6 Å². The Bertz CT molecular complexity index is 2700. The van der Waals surface area contributed by atoms with Crippen LogP contribution in [0.5, 0.6) is 0 Å². The van der Waals surface area contributed by atoms with E-state index in [1.807, 2.05) is 158 Å². The molecule has 82 heavy (non-hydrogen) atoms. The number of carbonyl (C=O) groups excluding carboxylic acids is 6. The van der Waals surface area contributed by atoms with Crippen molar-refractivity contribution in [3.05, 3.63) is 179 Å². The SMILES string of the molecule is CC(C)(C)OC(=O)CCN(Cc1ccccc1)C(=S)NC(=O)c1ccccc1.CC(C)(C)OC(=O)CCN(Cc1ccccc1)C(N)=S.CC(C)(C)OC(=O)CCNCc1ccccc1.O=C(N=C=S)c1ccccc1.O=CO[O-].[H-].[Na+].[Na+]. The maximum atomic E-state index is 12.4. The predicted octanol–water partition coefficient (Wildman–Crippen LogP) is 3.39. The number of nitrogens with one attached hydrogen (secondary N) is 2. The molecule has 5 aromatic carbocycles. The number of nitrogens with two attached hydrogens (primary N) is 1. The van der Waals surface area contributed by atoms with Crippen LogP contribution in [0.3, 0.4) is 0 Å². The van der Waals surface area contributed by atoms with Crippen molar-refractivity contribution in [2.24, 2.45) is 10.7 Å². The predicted molar refractivity (Wildman–Crippen MR) is 321 cm³/mol. The van der Waals surface area contributed by atoms with Crippen LogP contribution in [-0.2, 0) is 57.9 Å². The van der Waals surface area contributed by atoms with Crippen molar-refractivity contribution in [3.63, 3.8) is 0 Å². The van der Waals surface area contributed by atoms with Crippen molar-refractivity contribution >= 4 is 88.2 Å². The molecule has 5 aromatic rings. The van der Waals surface area contributed by atoms with Gasteiger partial charge in [-0.15, -0.1) is 0 Å². The third-order valence-electron chi connectivity index (χ3n) is 9.60. The Morgan fingerprint density at radius 3 is 1.29 bits per heavy atom. The number of hydrogen-bond donors (Lipinski definition) is 3. The van der Waals surface area contributed by atoms with E-state index in [-0.39, 0.29) is 120 Å². The van der Waals surface area contributed by atoms with Gasteiger partial charge >= 0.3 is 77.0 Å². The standard InChI is InChI=1S/C22H26N2O3S.C15H22N2O2S.C14H21NO2.C8H5NOS.CH2O3.2Na.H/c1-22(2,3)27-19(25)14-15-24(16-17-10-6-4-7-11-17)21(28)23-20(26)18-12-8-5-9-13-18;1-15(2,3)19-13(18)9-10-17(14(16)20)11-12-7-5-4-6-8-12;1-14(2,3)17-13(16)9-10-15-11-12-7-5-4-6-8-12;10-8(9-6-11)7-4-2-1-3-5-7;2-1-4-3;;;/h4-13H,14-16H2,1-3H3,(H,23,26,28);4-8H,9-11H2,1-3H3,(H2,16,20);4-8,15H,9-11H2,1-3H3;1-5H;1,3H;;;/q;;;;;2*+1;-1/p-1. The van der Waals surface area contributed by atoms with E-state index in [9.17, 15) is 24.0 Å². The zero-order valence-electron chi connectivity index (χ0n) is 50.0. The van der Waals surface area contributed by atoms with Gasteiger partial charge in [-0.05, 0) is 140 Å². The molecule has 22 heteroatoms. The van der Waals surface area contributed by atoms with Crippen molar-refractivity contribution in [1.82, 2.24) is 20.4 Å². The van der Waals surface area contributed by atoms with E-state index >= 15 is 0 Å². The smallest absolute Gasteiger partial charge is 1.00 e. The van der Waals surface area contributed by atoms with Gasteiger partial charge in [0.2, 0.25) is 0 Å². The van der Waals surface area contributed by atoms with E-state index in [2.05, 4.69) is 44.9 Å². The second kappa shape index (κ2) is 44.0. The van der Waals surface area contributed by atoms with Gasteiger partial charge in [-0.3, -0.25) is 34.1 Å². The molecule has 0 radical (unpaired) electrons. The molecule has 17 nitrogen and oxygen atoms in total. The number of esters is 3. The van der Waals surface area contributed by atoms with Crippen molar-refractivity contribution in [1.29, 1.82) is 0 Å². The number of amides is 2. The molecule has 0 aliphatic rings. The Labute approximate surface area is 545 Å². The number of benzene rings is 5. The first-order valence-electron chi connectivity index (χ1n) is 25.3. The molecule has 0 saturated heterocycles. The molecular weight excluding hydrogens is 1120 g/mol. The first-order chi connectivity index (χ1) is 37.7. The summed E-state index contributed by atoms with van der Waals surface area (Å²) in [7, 11) is 0. The maximum Gasteiger partial charge on any atom is 1.00 e. The van der Waals surface area contributed by atoms with Crippen molar-refractivity contribution in [2.75, 3.05) is 19.6 Å². The van der Waals surface area contributed by atoms with E-state index in [1.54, 1.807) is 58.3 Å². The van der Waals surface area contributed by atoms with E-state index in [0.29, 0.717) is 50.3 Å². The van der Waals surface area contributed by atoms with Gasteiger partial charge in [0.15, 0.2) is 10.2 Å². The quantitative estimate of drug-likeness (QED) is 0.0131. The average molecular weight is 1200 g/mol. The van der Waals surface area contributed by atoms with Crippen LogP contribution in [0.25, 0.3) is 0 Å². The Kier molecular flexibility index (Phi) is 42.1. The number of carbonyl (C=O) groups is 6. The number of nitrogens with zero attached hydrogens (tertiary/aromatic N) is 3. The molecule has 4 N–H and O–H groups in total. The fraction of sp³-hybridized carbons (Fsp3) is 0.350. The molecule has 0 aromatic heterocycles. The van der Waals surface area contributed by atoms with Crippen LogP contribution in [0.4, 0.5) is 0 Å². The Balaban J connectivity index is -0.00000103. The molecule has 0 saturated carbocycles. The van der Waals surface area contributed by atoms with Crippen molar-refractivity contribution in [2.45, 2.75) is 118 Å². The Morgan fingerprint density at radius 2 is 0.927 bits per heavy atom. The summed E-state index contributed by atoms with van der Waals surface area (Å²) in [6, 6.07) is 47.3. The van der Waals surface area contributed by atoms with Gasteiger partial charge in [0.05, 0.1) is 24.4 Å². The number of aliphatic imine (C=N–C) groups is 1. The number of ether oxygens (including phenoxy) is 3. The van der Waals surface area contributed by atoms with Crippen LogP contribution >= 0.6 is 36.7 Å². The van der Waals surface area contributed by atoms with Gasteiger partial charge in [-0.2, -0.15) is 4.99 Å². The molecule has 0 unspecified atom stereocenters. The van der Waals surface area contributed by atoms with E-state index < -0.39 is 16.8 Å². The number of isothiocyanates is 1. The summed E-state index contributed by atoms with van der Waals surface area (Å²) in [4.78, 5) is 76.8. The monoisotopic (exact) mass is 1200 g/mol. The number of thiocarbonyl (C=S) groups is 3. The maximum absolute atomic E-state index is 12.4.